The summed E-state index contributed by atoms with van der Waals surface area (Å²) in [5, 5.41) is 3.96. The average Bonchev–Trinajstić information content (AvgIpc) is 3.05. The number of hydrogen-bond donors (Lipinski definition) is 0. The van der Waals surface area contributed by atoms with Crippen molar-refractivity contribution in [1.29, 1.82) is 0 Å². The van der Waals surface area contributed by atoms with Crippen LogP contribution in [0.2, 0.25) is 0 Å². The zero-order valence-corrected chi connectivity index (χ0v) is 14.1. The topological polar surface area (TPSA) is 87.0 Å². The number of hydrogen-bond acceptors (Lipinski definition) is 6. The molecule has 8 heteroatoms. The van der Waals surface area contributed by atoms with Crippen LogP contribution in [0.15, 0.2) is 4.52 Å². The molecule has 2 aliphatic rings. The first kappa shape index (κ1) is 16.6. The van der Waals surface area contributed by atoms with Gasteiger partial charge >= 0.3 is 0 Å². The summed E-state index contributed by atoms with van der Waals surface area (Å²) >= 11 is 0. The van der Waals surface area contributed by atoms with Gasteiger partial charge in [-0.1, -0.05) is 5.16 Å². The highest BCUT2D eigenvalue weighted by molar-refractivity contribution is 6.04. The highest BCUT2D eigenvalue weighted by Gasteiger charge is 2.32. The summed E-state index contributed by atoms with van der Waals surface area (Å²) < 4.78 is 5.18. The Morgan fingerprint density at radius 1 is 1.08 bits per heavy atom. The highest BCUT2D eigenvalue weighted by atomic mass is 16.5. The van der Waals surface area contributed by atoms with Gasteiger partial charge in [-0.25, -0.2) is 0 Å². The Hall–Kier alpha value is -2.22. The van der Waals surface area contributed by atoms with Crippen molar-refractivity contribution < 1.29 is 18.9 Å². The molecule has 0 bridgehead atoms. The number of imide groups is 1. The molecule has 0 atom stereocenters. The molecular weight excluding hydrogens is 312 g/mol. The van der Waals surface area contributed by atoms with Gasteiger partial charge in [-0.15, -0.1) is 0 Å². The van der Waals surface area contributed by atoms with Gasteiger partial charge in [0, 0.05) is 51.1 Å². The molecular formula is C16H22N4O4. The number of carbonyl (C=O) groups excluding carboxylic acids is 3. The summed E-state index contributed by atoms with van der Waals surface area (Å²) in [6, 6.07) is 0. The molecule has 0 N–H and O–H groups in total. The molecule has 0 spiro atoms. The minimum absolute atomic E-state index is 0.123. The second-order valence-corrected chi connectivity index (χ2v) is 6.33. The smallest absolute Gasteiger partial charge is 0.242 e. The van der Waals surface area contributed by atoms with Crippen molar-refractivity contribution in [2.24, 2.45) is 0 Å². The molecule has 0 unspecified atom stereocenters. The fraction of sp³-hybridized carbons (Fsp3) is 0.625. The number of carbonyl (C=O) groups is 3. The van der Waals surface area contributed by atoms with Crippen molar-refractivity contribution in [2.45, 2.75) is 33.2 Å². The van der Waals surface area contributed by atoms with Crippen LogP contribution in [0.1, 0.15) is 29.9 Å². The lowest BCUT2D eigenvalue weighted by Crippen LogP contribution is -2.51. The Kier molecular flexibility index (Phi) is 4.66. The lowest BCUT2D eigenvalue weighted by molar-refractivity contribution is -0.146. The number of likely N-dealkylation sites (tertiary alicyclic amines) is 1. The molecule has 8 nitrogen and oxygen atoms in total. The van der Waals surface area contributed by atoms with Gasteiger partial charge in [-0.2, -0.15) is 0 Å². The average molecular weight is 334 g/mol. The fourth-order valence-electron chi connectivity index (χ4n) is 3.14. The Morgan fingerprint density at radius 3 is 2.25 bits per heavy atom. The molecule has 24 heavy (non-hydrogen) atoms. The minimum Gasteiger partial charge on any atom is -0.361 e. The highest BCUT2D eigenvalue weighted by Crippen LogP contribution is 2.17. The van der Waals surface area contributed by atoms with E-state index in [0.717, 1.165) is 41.6 Å². The van der Waals surface area contributed by atoms with Crippen molar-refractivity contribution in [3.05, 3.63) is 17.0 Å². The van der Waals surface area contributed by atoms with Gasteiger partial charge in [0.1, 0.15) is 12.3 Å². The van der Waals surface area contributed by atoms with Crippen LogP contribution in [0.4, 0.5) is 0 Å². The minimum atomic E-state index is -0.245. The van der Waals surface area contributed by atoms with Crippen molar-refractivity contribution in [1.82, 2.24) is 19.9 Å². The van der Waals surface area contributed by atoms with E-state index in [9.17, 15) is 14.4 Å². The molecule has 3 amide bonds. The van der Waals surface area contributed by atoms with Crippen molar-refractivity contribution >= 4 is 17.7 Å². The summed E-state index contributed by atoms with van der Waals surface area (Å²) in [6.07, 6.45) is 0.439. The van der Waals surface area contributed by atoms with Gasteiger partial charge in [-0.05, 0) is 13.8 Å². The van der Waals surface area contributed by atoms with Gasteiger partial charge in [0.2, 0.25) is 17.7 Å². The monoisotopic (exact) mass is 334 g/mol. The molecule has 2 saturated heterocycles. The Labute approximate surface area is 140 Å². The molecule has 130 valence electrons. The fourth-order valence-corrected chi connectivity index (χ4v) is 3.14. The maximum absolute atomic E-state index is 12.3. The standard InChI is InChI=1S/C16H22N4O4/c1-11-13(12(2)24-17-11)9-18-5-7-19(8-6-18)16(23)10-20-14(21)3-4-15(20)22/h3-10H2,1-2H3. The predicted octanol–water partition coefficient (Wildman–Crippen LogP) is 0.0846. The summed E-state index contributed by atoms with van der Waals surface area (Å²) in [5.74, 6) is 0.184. The van der Waals surface area contributed by atoms with E-state index in [1.807, 2.05) is 13.8 Å². The third-order valence-electron chi connectivity index (χ3n) is 4.74. The van der Waals surface area contributed by atoms with Gasteiger partial charge in [0.05, 0.1) is 5.69 Å². The van der Waals surface area contributed by atoms with E-state index in [1.165, 1.54) is 0 Å². The van der Waals surface area contributed by atoms with Crippen LogP contribution in [0.3, 0.4) is 0 Å². The van der Waals surface area contributed by atoms with E-state index in [2.05, 4.69) is 10.1 Å². The first-order chi connectivity index (χ1) is 11.5. The molecule has 2 aliphatic heterocycles. The van der Waals surface area contributed by atoms with Crippen LogP contribution in [-0.4, -0.2) is 70.3 Å². The predicted molar refractivity (Wildman–Crippen MR) is 83.8 cm³/mol. The molecule has 0 aliphatic carbocycles. The maximum atomic E-state index is 12.3. The van der Waals surface area contributed by atoms with Crippen molar-refractivity contribution in [3.8, 4) is 0 Å². The second-order valence-electron chi connectivity index (χ2n) is 6.33. The first-order valence-corrected chi connectivity index (χ1v) is 8.21. The lowest BCUT2D eigenvalue weighted by atomic mass is 10.2. The van der Waals surface area contributed by atoms with Crippen LogP contribution < -0.4 is 0 Å². The molecule has 2 fully saturated rings. The van der Waals surface area contributed by atoms with Crippen LogP contribution in [0.5, 0.6) is 0 Å². The van der Waals surface area contributed by atoms with E-state index in [0.29, 0.717) is 13.1 Å². The number of amides is 3. The maximum Gasteiger partial charge on any atom is 0.242 e. The molecule has 0 radical (unpaired) electrons. The first-order valence-electron chi connectivity index (χ1n) is 8.21. The molecule has 0 saturated carbocycles. The molecule has 3 heterocycles. The summed E-state index contributed by atoms with van der Waals surface area (Å²) in [4.78, 5) is 40.6. The summed E-state index contributed by atoms with van der Waals surface area (Å²) in [6.45, 7) is 7.15. The zero-order chi connectivity index (χ0) is 17.3. The summed E-state index contributed by atoms with van der Waals surface area (Å²) in [7, 11) is 0. The van der Waals surface area contributed by atoms with Crippen LogP contribution in [0, 0.1) is 13.8 Å². The number of rotatable bonds is 4. The third kappa shape index (κ3) is 3.33. The molecule has 1 aromatic rings. The third-order valence-corrected chi connectivity index (χ3v) is 4.74. The van der Waals surface area contributed by atoms with E-state index in [-0.39, 0.29) is 37.1 Å². The zero-order valence-electron chi connectivity index (χ0n) is 14.1. The Morgan fingerprint density at radius 2 is 1.71 bits per heavy atom. The van der Waals surface area contributed by atoms with Gasteiger partial charge in [0.15, 0.2) is 0 Å². The number of piperazine rings is 1. The van der Waals surface area contributed by atoms with Crippen molar-refractivity contribution in [2.75, 3.05) is 32.7 Å². The molecule has 1 aromatic heterocycles. The Balaban J connectivity index is 1.50. The lowest BCUT2D eigenvalue weighted by Gasteiger charge is -2.35. The molecule has 3 rings (SSSR count). The van der Waals surface area contributed by atoms with E-state index >= 15 is 0 Å². The van der Waals surface area contributed by atoms with E-state index < -0.39 is 0 Å². The van der Waals surface area contributed by atoms with Gasteiger partial charge < -0.3 is 9.42 Å². The van der Waals surface area contributed by atoms with E-state index in [1.54, 1.807) is 4.90 Å². The normalized spacial score (nSPS) is 19.4. The van der Waals surface area contributed by atoms with Gasteiger partial charge in [0.25, 0.3) is 0 Å². The Bertz CT molecular complexity index is 626. The second kappa shape index (κ2) is 6.72. The molecule has 0 aromatic carbocycles. The van der Waals surface area contributed by atoms with Crippen LogP contribution in [-0.2, 0) is 20.9 Å². The van der Waals surface area contributed by atoms with Gasteiger partial charge in [-0.3, -0.25) is 24.2 Å². The number of aromatic nitrogens is 1. The van der Waals surface area contributed by atoms with Crippen LogP contribution in [0.25, 0.3) is 0 Å². The van der Waals surface area contributed by atoms with E-state index in [4.69, 9.17) is 4.52 Å². The SMILES string of the molecule is Cc1noc(C)c1CN1CCN(C(=O)CN2C(=O)CCC2=O)CC1. The quantitative estimate of drug-likeness (QED) is 0.725. The largest absolute Gasteiger partial charge is 0.361 e. The number of aryl methyl sites for hydroxylation is 2. The van der Waals surface area contributed by atoms with Crippen LogP contribution >= 0.6 is 0 Å². The number of nitrogens with zero attached hydrogens (tertiary/aromatic N) is 4. The summed E-state index contributed by atoms with van der Waals surface area (Å²) in [5.41, 5.74) is 2.00. The van der Waals surface area contributed by atoms with Crippen molar-refractivity contribution in [3.63, 3.8) is 0 Å².